The maximum Gasteiger partial charge on any atom is 0.0705 e. The molecule has 0 aliphatic heterocycles. The minimum atomic E-state index is 0.191. The van der Waals surface area contributed by atoms with Gasteiger partial charge in [0.2, 0.25) is 0 Å². The summed E-state index contributed by atoms with van der Waals surface area (Å²) in [5.41, 5.74) is 4.21. The van der Waals surface area contributed by atoms with Crippen LogP contribution in [0.5, 0.6) is 0 Å². The first-order valence-electron chi connectivity index (χ1n) is 6.40. The third-order valence-corrected chi connectivity index (χ3v) is 3.16. The molecule has 0 unspecified atom stereocenters. The molecule has 0 aliphatic rings. The molecule has 1 heteroatoms. The van der Waals surface area contributed by atoms with Gasteiger partial charge < -0.3 is 0 Å². The van der Waals surface area contributed by atoms with Crippen LogP contribution in [0.3, 0.4) is 0 Å². The van der Waals surface area contributed by atoms with Crippen LogP contribution in [-0.2, 0) is 11.8 Å². The quantitative estimate of drug-likeness (QED) is 0.737. The Hall–Kier alpha value is -1.37. The lowest BCUT2D eigenvalue weighted by Gasteiger charge is -2.23. The van der Waals surface area contributed by atoms with Crippen molar-refractivity contribution < 1.29 is 0 Å². The standard InChI is InChI=1S/C16H21N/c1-5-7-12-10-13-8-6-9-17-15(13)11-14(12)16(2,3)4/h6,8-11H,5,7H2,1-4H3. The number of nitrogens with zero attached hydrogens (tertiary/aromatic N) is 1. The molecule has 0 aliphatic carbocycles. The average molecular weight is 227 g/mol. The fraction of sp³-hybridized carbons (Fsp3) is 0.438. The van der Waals surface area contributed by atoms with Gasteiger partial charge in [-0.25, -0.2) is 0 Å². The molecule has 0 saturated heterocycles. The van der Waals surface area contributed by atoms with E-state index in [2.05, 4.69) is 50.9 Å². The molecular weight excluding hydrogens is 206 g/mol. The summed E-state index contributed by atoms with van der Waals surface area (Å²) in [5, 5.41) is 1.25. The average Bonchev–Trinajstić information content (AvgIpc) is 2.27. The first kappa shape index (κ1) is 12.1. The minimum absolute atomic E-state index is 0.191. The predicted molar refractivity (Wildman–Crippen MR) is 74.4 cm³/mol. The summed E-state index contributed by atoms with van der Waals surface area (Å²) in [6.45, 7) is 9.06. The number of hydrogen-bond acceptors (Lipinski definition) is 1. The summed E-state index contributed by atoms with van der Waals surface area (Å²) in [6.07, 6.45) is 4.21. The van der Waals surface area contributed by atoms with E-state index in [1.807, 2.05) is 12.3 Å². The van der Waals surface area contributed by atoms with Gasteiger partial charge in [0.25, 0.3) is 0 Å². The highest BCUT2D eigenvalue weighted by molar-refractivity contribution is 5.80. The number of pyridine rings is 1. The summed E-state index contributed by atoms with van der Waals surface area (Å²) < 4.78 is 0. The van der Waals surface area contributed by atoms with Crippen molar-refractivity contribution in [2.24, 2.45) is 0 Å². The number of fused-ring (bicyclic) bond motifs is 1. The molecule has 0 spiro atoms. The number of aromatic nitrogens is 1. The molecule has 0 N–H and O–H groups in total. The second-order valence-electron chi connectivity index (χ2n) is 5.71. The predicted octanol–water partition coefficient (Wildman–Crippen LogP) is 4.48. The van der Waals surface area contributed by atoms with Crippen molar-refractivity contribution in [1.82, 2.24) is 4.98 Å². The molecule has 1 nitrogen and oxygen atoms in total. The maximum absolute atomic E-state index is 4.46. The second kappa shape index (κ2) is 4.48. The van der Waals surface area contributed by atoms with E-state index in [1.165, 1.54) is 22.9 Å². The van der Waals surface area contributed by atoms with Crippen LogP contribution in [0.1, 0.15) is 45.2 Å². The third-order valence-electron chi connectivity index (χ3n) is 3.16. The lowest BCUT2D eigenvalue weighted by Crippen LogP contribution is -2.14. The summed E-state index contributed by atoms with van der Waals surface area (Å²) in [6, 6.07) is 8.73. The van der Waals surface area contributed by atoms with E-state index in [9.17, 15) is 0 Å². The van der Waals surface area contributed by atoms with Gasteiger partial charge in [-0.1, -0.05) is 40.2 Å². The van der Waals surface area contributed by atoms with E-state index in [4.69, 9.17) is 0 Å². The van der Waals surface area contributed by atoms with E-state index >= 15 is 0 Å². The molecular formula is C16H21N. The molecule has 0 radical (unpaired) electrons. The van der Waals surface area contributed by atoms with Gasteiger partial charge in [0.15, 0.2) is 0 Å². The molecule has 90 valence electrons. The van der Waals surface area contributed by atoms with E-state index in [0.717, 1.165) is 11.9 Å². The zero-order chi connectivity index (χ0) is 12.5. The normalized spacial score (nSPS) is 12.0. The number of aryl methyl sites for hydroxylation is 1. The van der Waals surface area contributed by atoms with Crippen LogP contribution in [0.25, 0.3) is 10.9 Å². The maximum atomic E-state index is 4.46. The largest absolute Gasteiger partial charge is 0.256 e. The summed E-state index contributed by atoms with van der Waals surface area (Å²) in [5.74, 6) is 0. The molecule has 2 rings (SSSR count). The highest BCUT2D eigenvalue weighted by Gasteiger charge is 2.18. The van der Waals surface area contributed by atoms with Crippen LogP contribution in [0.4, 0.5) is 0 Å². The SMILES string of the molecule is CCCc1cc2cccnc2cc1C(C)(C)C. The van der Waals surface area contributed by atoms with Crippen LogP contribution in [0.15, 0.2) is 30.5 Å². The van der Waals surface area contributed by atoms with Crippen molar-refractivity contribution in [2.45, 2.75) is 46.0 Å². The molecule has 17 heavy (non-hydrogen) atoms. The van der Waals surface area contributed by atoms with Crippen molar-refractivity contribution in [3.63, 3.8) is 0 Å². The van der Waals surface area contributed by atoms with Crippen LogP contribution in [-0.4, -0.2) is 4.98 Å². The van der Waals surface area contributed by atoms with Gasteiger partial charge in [0.05, 0.1) is 5.52 Å². The molecule has 2 aromatic rings. The highest BCUT2D eigenvalue weighted by Crippen LogP contribution is 2.30. The molecule has 0 amide bonds. The van der Waals surface area contributed by atoms with Gasteiger partial charge in [-0.2, -0.15) is 0 Å². The first-order valence-corrected chi connectivity index (χ1v) is 6.40. The molecule has 1 heterocycles. The Balaban J connectivity index is 2.66. The van der Waals surface area contributed by atoms with Crippen LogP contribution >= 0.6 is 0 Å². The van der Waals surface area contributed by atoms with Gasteiger partial charge in [-0.05, 0) is 41.2 Å². The van der Waals surface area contributed by atoms with Gasteiger partial charge in [0.1, 0.15) is 0 Å². The molecule has 0 bridgehead atoms. The van der Waals surface area contributed by atoms with Gasteiger partial charge >= 0.3 is 0 Å². The molecule has 0 saturated carbocycles. The lowest BCUT2D eigenvalue weighted by atomic mass is 9.82. The second-order valence-corrected chi connectivity index (χ2v) is 5.71. The Labute approximate surface area is 104 Å². The third kappa shape index (κ3) is 2.49. The number of hydrogen-bond donors (Lipinski definition) is 0. The Morgan fingerprint density at radius 1 is 1.18 bits per heavy atom. The van der Waals surface area contributed by atoms with Crippen molar-refractivity contribution in [2.75, 3.05) is 0 Å². The van der Waals surface area contributed by atoms with Crippen molar-refractivity contribution in [3.05, 3.63) is 41.6 Å². The molecule has 1 aromatic carbocycles. The summed E-state index contributed by atoms with van der Waals surface area (Å²) in [4.78, 5) is 4.46. The topological polar surface area (TPSA) is 12.9 Å². The Bertz CT molecular complexity index is 521. The zero-order valence-electron chi connectivity index (χ0n) is 11.2. The summed E-state index contributed by atoms with van der Waals surface area (Å²) >= 11 is 0. The highest BCUT2D eigenvalue weighted by atomic mass is 14.6. The fourth-order valence-corrected chi connectivity index (χ4v) is 2.34. The fourth-order valence-electron chi connectivity index (χ4n) is 2.34. The van der Waals surface area contributed by atoms with Crippen molar-refractivity contribution in [1.29, 1.82) is 0 Å². The van der Waals surface area contributed by atoms with E-state index in [1.54, 1.807) is 0 Å². The number of rotatable bonds is 2. The van der Waals surface area contributed by atoms with Gasteiger partial charge in [-0.3, -0.25) is 4.98 Å². The first-order chi connectivity index (χ1) is 8.02. The van der Waals surface area contributed by atoms with Crippen LogP contribution < -0.4 is 0 Å². The Morgan fingerprint density at radius 3 is 2.59 bits per heavy atom. The monoisotopic (exact) mass is 227 g/mol. The van der Waals surface area contributed by atoms with Crippen LogP contribution in [0.2, 0.25) is 0 Å². The lowest BCUT2D eigenvalue weighted by molar-refractivity contribution is 0.582. The van der Waals surface area contributed by atoms with Crippen LogP contribution in [0, 0.1) is 0 Å². The Morgan fingerprint density at radius 2 is 1.94 bits per heavy atom. The Kier molecular flexibility index (Phi) is 3.19. The molecule has 0 atom stereocenters. The minimum Gasteiger partial charge on any atom is -0.256 e. The van der Waals surface area contributed by atoms with E-state index < -0.39 is 0 Å². The summed E-state index contributed by atoms with van der Waals surface area (Å²) in [7, 11) is 0. The number of benzene rings is 1. The van der Waals surface area contributed by atoms with Crippen molar-refractivity contribution in [3.8, 4) is 0 Å². The van der Waals surface area contributed by atoms with E-state index in [0.29, 0.717) is 0 Å². The zero-order valence-corrected chi connectivity index (χ0v) is 11.2. The van der Waals surface area contributed by atoms with Gasteiger partial charge in [0, 0.05) is 11.6 Å². The smallest absolute Gasteiger partial charge is 0.0705 e. The molecule has 1 aromatic heterocycles. The van der Waals surface area contributed by atoms with Gasteiger partial charge in [-0.15, -0.1) is 0 Å². The molecule has 0 fully saturated rings. The van der Waals surface area contributed by atoms with Crippen molar-refractivity contribution >= 4 is 10.9 Å². The van der Waals surface area contributed by atoms with E-state index in [-0.39, 0.29) is 5.41 Å².